The molecule has 29 heavy (non-hydrogen) atoms. The van der Waals surface area contributed by atoms with Crippen LogP contribution in [-0.4, -0.2) is 38.8 Å². The van der Waals surface area contributed by atoms with Crippen molar-refractivity contribution in [1.82, 2.24) is 20.5 Å². The van der Waals surface area contributed by atoms with Gasteiger partial charge in [-0.05, 0) is 52.2 Å². The number of ether oxygens (including phenoxy) is 1. The van der Waals surface area contributed by atoms with Crippen molar-refractivity contribution in [3.05, 3.63) is 41.6 Å². The maximum Gasteiger partial charge on any atom is 0.407 e. The first kappa shape index (κ1) is 20.8. The van der Waals surface area contributed by atoms with E-state index in [1.165, 1.54) is 12.1 Å². The second-order valence-electron chi connectivity index (χ2n) is 8.31. The number of alkyl carbamates (subject to hydrolysis) is 1. The Balaban J connectivity index is 1.49. The summed E-state index contributed by atoms with van der Waals surface area (Å²) in [6, 6.07) is 4.53. The lowest BCUT2D eigenvalue weighted by Crippen LogP contribution is -2.42. The molecule has 0 radical (unpaired) electrons. The summed E-state index contributed by atoms with van der Waals surface area (Å²) in [5.74, 6) is -0.129. The zero-order valence-electron chi connectivity index (χ0n) is 16.8. The summed E-state index contributed by atoms with van der Waals surface area (Å²) in [5, 5.41) is 12.6. The number of aromatic nitrogens is 3. The second-order valence-corrected chi connectivity index (χ2v) is 8.31. The molecule has 0 aromatic carbocycles. The lowest BCUT2D eigenvalue weighted by Gasteiger charge is -2.22. The Labute approximate surface area is 168 Å². The van der Waals surface area contributed by atoms with Gasteiger partial charge in [-0.1, -0.05) is 0 Å². The predicted molar refractivity (Wildman–Crippen MR) is 105 cm³/mol. The number of hydrogen-bond acceptors (Lipinski definition) is 5. The van der Waals surface area contributed by atoms with E-state index in [1.807, 2.05) is 20.8 Å². The Morgan fingerprint density at radius 1 is 1.31 bits per heavy atom. The SMILES string of the molecule is CC(C)(C)NC(=O)OC1CCC(c2cc(NC(=O)Cc3ccc(F)cn3)n[nH]2)C1. The largest absolute Gasteiger partial charge is 0.446 e. The fourth-order valence-electron chi connectivity index (χ4n) is 3.29. The monoisotopic (exact) mass is 403 g/mol. The van der Waals surface area contributed by atoms with E-state index < -0.39 is 11.9 Å². The van der Waals surface area contributed by atoms with Crippen molar-refractivity contribution in [2.45, 2.75) is 64.0 Å². The number of nitrogens with one attached hydrogen (secondary N) is 3. The Morgan fingerprint density at radius 3 is 2.79 bits per heavy atom. The maximum absolute atomic E-state index is 12.9. The fraction of sp³-hybridized carbons (Fsp3) is 0.500. The predicted octanol–water partition coefficient (Wildman–Crippen LogP) is 3.29. The molecule has 9 heteroatoms. The lowest BCUT2D eigenvalue weighted by molar-refractivity contribution is -0.115. The summed E-state index contributed by atoms with van der Waals surface area (Å²) in [4.78, 5) is 27.9. The highest BCUT2D eigenvalue weighted by Crippen LogP contribution is 2.35. The van der Waals surface area contributed by atoms with Crippen molar-refractivity contribution in [3.8, 4) is 0 Å². The van der Waals surface area contributed by atoms with Gasteiger partial charge in [0.25, 0.3) is 0 Å². The quantitative estimate of drug-likeness (QED) is 0.710. The van der Waals surface area contributed by atoms with Crippen LogP contribution in [0.1, 0.15) is 57.3 Å². The molecule has 1 aliphatic rings. The Kier molecular flexibility index (Phi) is 6.14. The molecule has 156 valence electrons. The molecule has 0 bridgehead atoms. The first-order valence-electron chi connectivity index (χ1n) is 9.62. The van der Waals surface area contributed by atoms with E-state index in [-0.39, 0.29) is 29.9 Å². The summed E-state index contributed by atoms with van der Waals surface area (Å²) in [6.07, 6.45) is 2.90. The number of halogens is 1. The van der Waals surface area contributed by atoms with Crippen LogP contribution in [0.25, 0.3) is 0 Å². The standard InChI is InChI=1S/C20H26FN5O3/c1-20(2,3)24-19(28)29-15-7-4-12(8-15)16-10-17(26-25-16)23-18(27)9-14-6-5-13(21)11-22-14/h5-6,10-12,15H,4,7-9H2,1-3H3,(H,24,28)(H2,23,25,26,27). The van der Waals surface area contributed by atoms with E-state index in [0.29, 0.717) is 17.9 Å². The summed E-state index contributed by atoms with van der Waals surface area (Å²) in [6.45, 7) is 5.70. The molecule has 1 fully saturated rings. The van der Waals surface area contributed by atoms with E-state index in [1.54, 1.807) is 6.07 Å². The van der Waals surface area contributed by atoms with Crippen LogP contribution in [0, 0.1) is 5.82 Å². The average molecular weight is 403 g/mol. The number of aromatic amines is 1. The van der Waals surface area contributed by atoms with Gasteiger partial charge in [0.1, 0.15) is 11.9 Å². The number of amides is 2. The minimum Gasteiger partial charge on any atom is -0.446 e. The third kappa shape index (κ3) is 6.27. The third-order valence-corrected chi connectivity index (χ3v) is 4.57. The van der Waals surface area contributed by atoms with Crippen molar-refractivity contribution in [3.63, 3.8) is 0 Å². The molecule has 8 nitrogen and oxygen atoms in total. The molecule has 2 unspecified atom stereocenters. The molecule has 2 heterocycles. The van der Waals surface area contributed by atoms with Crippen molar-refractivity contribution >= 4 is 17.8 Å². The Hall–Kier alpha value is -2.97. The number of carbonyl (C=O) groups excluding carboxylic acids is 2. The van der Waals surface area contributed by atoms with Gasteiger partial charge in [0.05, 0.1) is 12.6 Å². The van der Waals surface area contributed by atoms with Gasteiger partial charge < -0.3 is 15.4 Å². The van der Waals surface area contributed by atoms with Crippen molar-refractivity contribution < 1.29 is 18.7 Å². The van der Waals surface area contributed by atoms with Gasteiger partial charge in [-0.2, -0.15) is 5.10 Å². The second kappa shape index (κ2) is 8.59. The molecule has 2 aromatic rings. The van der Waals surface area contributed by atoms with Crippen LogP contribution in [0.15, 0.2) is 24.4 Å². The van der Waals surface area contributed by atoms with Gasteiger partial charge in [0, 0.05) is 28.9 Å². The molecule has 2 aromatic heterocycles. The number of H-pyrrole nitrogens is 1. The number of anilines is 1. The van der Waals surface area contributed by atoms with Gasteiger partial charge in [-0.15, -0.1) is 0 Å². The number of nitrogens with zero attached hydrogens (tertiary/aromatic N) is 2. The van der Waals surface area contributed by atoms with Crippen LogP contribution in [0.4, 0.5) is 15.0 Å². The molecule has 3 N–H and O–H groups in total. The van der Waals surface area contributed by atoms with E-state index in [0.717, 1.165) is 24.7 Å². The zero-order chi connectivity index (χ0) is 21.0. The average Bonchev–Trinajstić information content (AvgIpc) is 3.24. The summed E-state index contributed by atoms with van der Waals surface area (Å²) < 4.78 is 18.4. The highest BCUT2D eigenvalue weighted by atomic mass is 19.1. The van der Waals surface area contributed by atoms with E-state index >= 15 is 0 Å². The van der Waals surface area contributed by atoms with Crippen LogP contribution in [0.5, 0.6) is 0 Å². The maximum atomic E-state index is 12.9. The van der Waals surface area contributed by atoms with Gasteiger partial charge in [-0.25, -0.2) is 9.18 Å². The normalized spacial score (nSPS) is 19.0. The third-order valence-electron chi connectivity index (χ3n) is 4.57. The first-order valence-corrected chi connectivity index (χ1v) is 9.62. The molecule has 1 saturated carbocycles. The fourth-order valence-corrected chi connectivity index (χ4v) is 3.29. The number of pyridine rings is 1. The molecule has 1 aliphatic carbocycles. The minimum atomic E-state index is -0.444. The molecule has 0 aliphatic heterocycles. The molecule has 3 rings (SSSR count). The van der Waals surface area contributed by atoms with Crippen LogP contribution in [0.3, 0.4) is 0 Å². The van der Waals surface area contributed by atoms with Gasteiger partial charge in [0.15, 0.2) is 5.82 Å². The van der Waals surface area contributed by atoms with Gasteiger partial charge in [0.2, 0.25) is 5.91 Å². The van der Waals surface area contributed by atoms with Crippen molar-refractivity contribution in [2.75, 3.05) is 5.32 Å². The topological polar surface area (TPSA) is 109 Å². The minimum absolute atomic E-state index is 0.0324. The lowest BCUT2D eigenvalue weighted by atomic mass is 10.0. The Morgan fingerprint density at radius 2 is 2.10 bits per heavy atom. The van der Waals surface area contributed by atoms with Crippen LogP contribution in [0.2, 0.25) is 0 Å². The molecule has 2 atom stereocenters. The number of carbonyl (C=O) groups is 2. The van der Waals surface area contributed by atoms with Crippen LogP contribution < -0.4 is 10.6 Å². The van der Waals surface area contributed by atoms with Crippen molar-refractivity contribution in [1.29, 1.82) is 0 Å². The number of hydrogen-bond donors (Lipinski definition) is 3. The molecular formula is C20H26FN5O3. The van der Waals surface area contributed by atoms with Crippen LogP contribution in [-0.2, 0) is 16.0 Å². The van der Waals surface area contributed by atoms with Crippen molar-refractivity contribution in [2.24, 2.45) is 0 Å². The first-order chi connectivity index (χ1) is 13.7. The Bertz CT molecular complexity index is 860. The van der Waals surface area contributed by atoms with Crippen LogP contribution >= 0.6 is 0 Å². The highest BCUT2D eigenvalue weighted by molar-refractivity contribution is 5.91. The zero-order valence-corrected chi connectivity index (χ0v) is 16.8. The van der Waals surface area contributed by atoms with Gasteiger partial charge in [-0.3, -0.25) is 14.9 Å². The molecule has 0 saturated heterocycles. The molecule has 2 amide bonds. The highest BCUT2D eigenvalue weighted by Gasteiger charge is 2.30. The smallest absolute Gasteiger partial charge is 0.407 e. The summed E-state index contributed by atoms with van der Waals surface area (Å²) in [7, 11) is 0. The summed E-state index contributed by atoms with van der Waals surface area (Å²) in [5.41, 5.74) is 1.03. The van der Waals surface area contributed by atoms with E-state index in [4.69, 9.17) is 4.74 Å². The molecule has 0 spiro atoms. The van der Waals surface area contributed by atoms with Gasteiger partial charge >= 0.3 is 6.09 Å². The number of rotatable bonds is 5. The summed E-state index contributed by atoms with van der Waals surface area (Å²) >= 11 is 0. The van der Waals surface area contributed by atoms with E-state index in [2.05, 4.69) is 25.8 Å². The van der Waals surface area contributed by atoms with E-state index in [9.17, 15) is 14.0 Å². The molecular weight excluding hydrogens is 377 g/mol.